The van der Waals surface area contributed by atoms with Gasteiger partial charge in [-0.25, -0.2) is 14.9 Å². The Labute approximate surface area is 175 Å². The first-order valence-electron chi connectivity index (χ1n) is 10.3. The van der Waals surface area contributed by atoms with Crippen molar-refractivity contribution in [3.63, 3.8) is 0 Å². The van der Waals surface area contributed by atoms with E-state index >= 15 is 0 Å². The molecule has 2 aromatic rings. The Hall–Kier alpha value is -3.21. The lowest BCUT2D eigenvalue weighted by Crippen LogP contribution is -2.44. The van der Waals surface area contributed by atoms with E-state index in [1.165, 1.54) is 4.90 Å². The summed E-state index contributed by atoms with van der Waals surface area (Å²) < 4.78 is 5.48. The molecule has 0 aromatic heterocycles. The molecular formula is C23H22N4O3. The number of hydrogen-bond acceptors (Lipinski definition) is 6. The predicted molar refractivity (Wildman–Crippen MR) is 109 cm³/mol. The zero-order valence-electron chi connectivity index (χ0n) is 16.7. The first-order chi connectivity index (χ1) is 14.6. The lowest BCUT2D eigenvalue weighted by atomic mass is 9.89. The summed E-state index contributed by atoms with van der Waals surface area (Å²) >= 11 is 0. The van der Waals surface area contributed by atoms with Gasteiger partial charge in [-0.3, -0.25) is 9.59 Å². The van der Waals surface area contributed by atoms with E-state index in [9.17, 15) is 9.59 Å². The van der Waals surface area contributed by atoms with Crippen molar-refractivity contribution in [1.29, 1.82) is 5.26 Å². The maximum Gasteiger partial charge on any atom is 0.253 e. The summed E-state index contributed by atoms with van der Waals surface area (Å²) in [5, 5.41) is 13.3. The number of rotatable bonds is 4. The zero-order chi connectivity index (χ0) is 20.8. The van der Waals surface area contributed by atoms with Crippen molar-refractivity contribution in [3.05, 3.63) is 59.7 Å². The maximum absolute atomic E-state index is 13.5. The van der Waals surface area contributed by atoms with E-state index in [1.807, 2.05) is 19.1 Å². The third-order valence-electron chi connectivity index (χ3n) is 6.19. The zero-order valence-corrected chi connectivity index (χ0v) is 16.7. The van der Waals surface area contributed by atoms with Gasteiger partial charge in [-0.05, 0) is 55.3 Å². The van der Waals surface area contributed by atoms with E-state index < -0.39 is 12.0 Å². The number of imide groups is 1. The molecule has 3 aliphatic rings. The molecule has 7 nitrogen and oxygen atoms in total. The van der Waals surface area contributed by atoms with Crippen LogP contribution in [0.5, 0.6) is 5.75 Å². The topological polar surface area (TPSA) is 76.9 Å². The molecule has 0 bridgehead atoms. The van der Waals surface area contributed by atoms with Crippen LogP contribution in [0.3, 0.4) is 0 Å². The molecule has 152 valence electrons. The first kappa shape index (κ1) is 18.8. The lowest BCUT2D eigenvalue weighted by molar-refractivity contribution is -0.126. The van der Waals surface area contributed by atoms with Gasteiger partial charge in [-0.15, -0.1) is 0 Å². The van der Waals surface area contributed by atoms with Crippen LogP contribution in [-0.2, 0) is 9.59 Å². The molecule has 3 saturated heterocycles. The minimum absolute atomic E-state index is 0.169. The molecule has 0 spiro atoms. The Morgan fingerprint density at radius 2 is 1.63 bits per heavy atom. The molecular weight excluding hydrogens is 380 g/mol. The van der Waals surface area contributed by atoms with Crippen molar-refractivity contribution >= 4 is 17.5 Å². The number of fused-ring (bicyclic) bond motifs is 3. The van der Waals surface area contributed by atoms with Gasteiger partial charge < -0.3 is 4.74 Å². The molecule has 30 heavy (non-hydrogen) atoms. The van der Waals surface area contributed by atoms with E-state index in [0.717, 1.165) is 25.1 Å². The number of carbonyl (C=O) groups excluding carboxylic acids is 2. The number of anilines is 1. The summed E-state index contributed by atoms with van der Waals surface area (Å²) in [7, 11) is 0. The van der Waals surface area contributed by atoms with Crippen LogP contribution in [0.25, 0.3) is 0 Å². The maximum atomic E-state index is 13.5. The molecule has 2 aromatic carbocycles. The minimum atomic E-state index is -0.479. The lowest BCUT2D eigenvalue weighted by Gasteiger charge is -2.29. The second-order valence-electron chi connectivity index (χ2n) is 7.77. The Morgan fingerprint density at radius 1 is 0.967 bits per heavy atom. The van der Waals surface area contributed by atoms with Crippen molar-refractivity contribution in [2.75, 3.05) is 24.6 Å². The summed E-state index contributed by atoms with van der Waals surface area (Å²) in [5.74, 6) is -0.0888. The summed E-state index contributed by atoms with van der Waals surface area (Å²) in [6.07, 6.45) is 0.959. The van der Waals surface area contributed by atoms with Crippen LogP contribution in [0.15, 0.2) is 48.5 Å². The van der Waals surface area contributed by atoms with E-state index in [4.69, 9.17) is 10.00 Å². The number of ether oxygens (including phenoxy) is 1. The summed E-state index contributed by atoms with van der Waals surface area (Å²) in [4.78, 5) is 28.2. The van der Waals surface area contributed by atoms with Gasteiger partial charge in [0.25, 0.3) is 5.91 Å². The number of hydrogen-bond donors (Lipinski definition) is 0. The quantitative estimate of drug-likeness (QED) is 0.732. The number of hydrazine groups is 1. The van der Waals surface area contributed by atoms with Crippen molar-refractivity contribution in [2.45, 2.75) is 25.4 Å². The molecule has 0 radical (unpaired) electrons. The molecule has 0 N–H and O–H groups in total. The van der Waals surface area contributed by atoms with Crippen LogP contribution in [0.1, 0.15) is 30.5 Å². The summed E-state index contributed by atoms with van der Waals surface area (Å²) in [5.41, 5.74) is 2.12. The molecule has 3 heterocycles. The highest BCUT2D eigenvalue weighted by molar-refractivity contribution is 6.24. The smallest absolute Gasteiger partial charge is 0.253 e. The standard InChI is InChI=1S/C23H22N4O3/c1-2-30-18-10-8-17(9-11-18)27-22(28)19-20(16-6-4-15(14-24)5-7-16)25-12-3-13-26(25)21(19)23(27)29/h4-11,19-21H,2-3,12-13H2,1H3/t19-,20-,21+/m0/s1. The number of nitriles is 1. The molecule has 5 rings (SSSR count). The van der Waals surface area contributed by atoms with Crippen molar-refractivity contribution in [2.24, 2.45) is 5.92 Å². The molecule has 3 aliphatic heterocycles. The fourth-order valence-corrected chi connectivity index (χ4v) is 4.98. The highest BCUT2D eigenvalue weighted by Gasteiger charge is 2.62. The molecule has 3 atom stereocenters. The van der Waals surface area contributed by atoms with Gasteiger partial charge in [-0.2, -0.15) is 5.26 Å². The highest BCUT2D eigenvalue weighted by Crippen LogP contribution is 2.48. The highest BCUT2D eigenvalue weighted by atomic mass is 16.5. The van der Waals surface area contributed by atoms with E-state index in [0.29, 0.717) is 23.6 Å². The Balaban J connectivity index is 1.51. The molecule has 2 amide bonds. The monoisotopic (exact) mass is 402 g/mol. The Morgan fingerprint density at radius 3 is 2.27 bits per heavy atom. The van der Waals surface area contributed by atoms with Gasteiger partial charge >= 0.3 is 0 Å². The molecule has 3 fully saturated rings. The van der Waals surface area contributed by atoms with Crippen molar-refractivity contribution in [3.8, 4) is 11.8 Å². The van der Waals surface area contributed by atoms with Gasteiger partial charge in [0.15, 0.2) is 0 Å². The molecule has 0 saturated carbocycles. The average molecular weight is 402 g/mol. The fraction of sp³-hybridized carbons (Fsp3) is 0.348. The van der Waals surface area contributed by atoms with Gasteiger partial charge in [0.05, 0.1) is 35.9 Å². The second-order valence-corrected chi connectivity index (χ2v) is 7.77. The van der Waals surface area contributed by atoms with Gasteiger partial charge in [0, 0.05) is 13.1 Å². The summed E-state index contributed by atoms with van der Waals surface area (Å²) in [6.45, 7) is 4.06. The van der Waals surface area contributed by atoms with Gasteiger partial charge in [-0.1, -0.05) is 12.1 Å². The van der Waals surface area contributed by atoms with Crippen LogP contribution in [0.2, 0.25) is 0 Å². The average Bonchev–Trinajstić information content (AvgIpc) is 3.41. The van der Waals surface area contributed by atoms with Crippen LogP contribution < -0.4 is 9.64 Å². The molecule has 0 aliphatic carbocycles. The number of nitrogens with zero attached hydrogens (tertiary/aromatic N) is 4. The molecule has 0 unspecified atom stereocenters. The van der Waals surface area contributed by atoms with Crippen LogP contribution in [0, 0.1) is 17.2 Å². The van der Waals surface area contributed by atoms with Crippen molar-refractivity contribution in [1.82, 2.24) is 10.0 Å². The van der Waals surface area contributed by atoms with E-state index in [1.54, 1.807) is 36.4 Å². The number of benzene rings is 2. The van der Waals surface area contributed by atoms with E-state index in [2.05, 4.69) is 16.1 Å². The number of amides is 2. The van der Waals surface area contributed by atoms with Crippen molar-refractivity contribution < 1.29 is 14.3 Å². The largest absolute Gasteiger partial charge is 0.494 e. The van der Waals surface area contributed by atoms with Gasteiger partial charge in [0.2, 0.25) is 5.91 Å². The van der Waals surface area contributed by atoms with Crippen LogP contribution in [0.4, 0.5) is 5.69 Å². The third kappa shape index (κ3) is 2.72. The normalized spacial score (nSPS) is 26.0. The second kappa shape index (κ2) is 7.24. The number of carbonyl (C=O) groups is 2. The van der Waals surface area contributed by atoms with Crippen LogP contribution >= 0.6 is 0 Å². The minimum Gasteiger partial charge on any atom is -0.494 e. The Bertz CT molecular complexity index is 1030. The fourth-order valence-electron chi connectivity index (χ4n) is 4.98. The Kier molecular flexibility index (Phi) is 4.54. The van der Waals surface area contributed by atoms with Crippen LogP contribution in [-0.4, -0.2) is 47.6 Å². The molecule has 7 heteroatoms. The SMILES string of the molecule is CCOc1ccc(N2C(=O)[C@@H]3[C@H](C2=O)N2CCCN2[C@H]3c2ccc(C#N)cc2)cc1. The van der Waals surface area contributed by atoms with E-state index in [-0.39, 0.29) is 17.9 Å². The first-order valence-corrected chi connectivity index (χ1v) is 10.3. The summed E-state index contributed by atoms with van der Waals surface area (Å²) in [6, 6.07) is 15.9. The predicted octanol–water partition coefficient (Wildman–Crippen LogP) is 2.49. The third-order valence-corrected chi connectivity index (χ3v) is 6.19. The van der Waals surface area contributed by atoms with Gasteiger partial charge in [0.1, 0.15) is 11.8 Å².